The summed E-state index contributed by atoms with van der Waals surface area (Å²) in [6.07, 6.45) is -0.268. The SMILES string of the molecule is CC(C)C(=O)N[C@H]1CCNC[C@@H]1F. The second-order valence-corrected chi connectivity index (χ2v) is 3.78. The minimum atomic E-state index is -0.948. The van der Waals surface area contributed by atoms with Gasteiger partial charge in [0.2, 0.25) is 5.91 Å². The molecule has 1 saturated heterocycles. The lowest BCUT2D eigenvalue weighted by Crippen LogP contribution is -2.51. The van der Waals surface area contributed by atoms with E-state index in [0.29, 0.717) is 13.0 Å². The van der Waals surface area contributed by atoms with Crippen molar-refractivity contribution in [3.8, 4) is 0 Å². The second-order valence-electron chi connectivity index (χ2n) is 3.78. The van der Waals surface area contributed by atoms with Crippen LogP contribution in [0.15, 0.2) is 0 Å². The maximum atomic E-state index is 13.2. The third-order valence-electron chi connectivity index (χ3n) is 2.26. The quantitative estimate of drug-likeness (QED) is 0.661. The van der Waals surface area contributed by atoms with Crippen molar-refractivity contribution in [2.45, 2.75) is 32.5 Å². The molecule has 0 radical (unpaired) electrons. The van der Waals surface area contributed by atoms with Crippen molar-refractivity contribution in [3.05, 3.63) is 0 Å². The number of hydrogen-bond acceptors (Lipinski definition) is 2. The van der Waals surface area contributed by atoms with Crippen molar-refractivity contribution in [2.24, 2.45) is 5.92 Å². The van der Waals surface area contributed by atoms with Gasteiger partial charge in [-0.25, -0.2) is 4.39 Å². The fourth-order valence-electron chi connectivity index (χ4n) is 1.33. The number of carbonyl (C=O) groups excluding carboxylic acids is 1. The molecule has 1 fully saturated rings. The summed E-state index contributed by atoms with van der Waals surface area (Å²) >= 11 is 0. The zero-order chi connectivity index (χ0) is 9.84. The van der Waals surface area contributed by atoms with Gasteiger partial charge in [-0.2, -0.15) is 0 Å². The molecule has 0 aromatic rings. The van der Waals surface area contributed by atoms with E-state index in [4.69, 9.17) is 0 Å². The number of alkyl halides is 1. The summed E-state index contributed by atoms with van der Waals surface area (Å²) in [4.78, 5) is 11.3. The van der Waals surface area contributed by atoms with Gasteiger partial charge < -0.3 is 10.6 Å². The van der Waals surface area contributed by atoms with Crippen LogP contribution in [-0.4, -0.2) is 31.2 Å². The van der Waals surface area contributed by atoms with Crippen LogP contribution in [0.2, 0.25) is 0 Å². The topological polar surface area (TPSA) is 41.1 Å². The molecule has 1 rings (SSSR count). The average molecular weight is 188 g/mol. The molecule has 0 aromatic heterocycles. The third kappa shape index (κ3) is 2.95. The van der Waals surface area contributed by atoms with Crippen LogP contribution in [0.5, 0.6) is 0 Å². The molecule has 0 bridgehead atoms. The summed E-state index contributed by atoms with van der Waals surface area (Å²) in [6, 6.07) is -0.295. The molecule has 0 unspecified atom stereocenters. The molecular weight excluding hydrogens is 171 g/mol. The molecular formula is C9H17FN2O. The number of hydrogen-bond donors (Lipinski definition) is 2. The van der Waals surface area contributed by atoms with E-state index in [2.05, 4.69) is 10.6 Å². The summed E-state index contributed by atoms with van der Waals surface area (Å²) in [5.74, 6) is -0.128. The van der Waals surface area contributed by atoms with Crippen molar-refractivity contribution in [3.63, 3.8) is 0 Å². The third-order valence-corrected chi connectivity index (χ3v) is 2.26. The number of halogens is 1. The van der Waals surface area contributed by atoms with Gasteiger partial charge in [0.25, 0.3) is 0 Å². The zero-order valence-electron chi connectivity index (χ0n) is 8.14. The first-order chi connectivity index (χ1) is 6.11. The van der Waals surface area contributed by atoms with E-state index in [9.17, 15) is 9.18 Å². The second kappa shape index (κ2) is 4.56. The molecule has 2 atom stereocenters. The van der Waals surface area contributed by atoms with Gasteiger partial charge in [-0.05, 0) is 13.0 Å². The molecule has 0 aliphatic carbocycles. The largest absolute Gasteiger partial charge is 0.350 e. The molecule has 1 aliphatic rings. The highest BCUT2D eigenvalue weighted by Gasteiger charge is 2.26. The summed E-state index contributed by atoms with van der Waals surface area (Å²) < 4.78 is 13.2. The minimum absolute atomic E-state index is 0.0606. The summed E-state index contributed by atoms with van der Waals surface area (Å²) in [5.41, 5.74) is 0. The van der Waals surface area contributed by atoms with Crippen LogP contribution in [0.4, 0.5) is 4.39 Å². The molecule has 0 saturated carbocycles. The molecule has 1 heterocycles. The van der Waals surface area contributed by atoms with E-state index in [0.717, 1.165) is 6.54 Å². The number of amides is 1. The Morgan fingerprint density at radius 2 is 2.31 bits per heavy atom. The van der Waals surface area contributed by atoms with Gasteiger partial charge in [-0.3, -0.25) is 4.79 Å². The number of carbonyl (C=O) groups is 1. The Hall–Kier alpha value is -0.640. The standard InChI is InChI=1S/C9H17FN2O/c1-6(2)9(13)12-8-3-4-11-5-7(8)10/h6-8,11H,3-5H2,1-2H3,(H,12,13)/t7-,8-/m0/s1. The lowest BCUT2D eigenvalue weighted by atomic mass is 10.0. The molecule has 4 heteroatoms. The predicted molar refractivity (Wildman–Crippen MR) is 49.2 cm³/mol. The first-order valence-electron chi connectivity index (χ1n) is 4.76. The smallest absolute Gasteiger partial charge is 0.222 e. The Bertz CT molecular complexity index is 184. The van der Waals surface area contributed by atoms with Crippen LogP contribution in [-0.2, 0) is 4.79 Å². The van der Waals surface area contributed by atoms with E-state index in [1.807, 2.05) is 13.8 Å². The lowest BCUT2D eigenvalue weighted by molar-refractivity contribution is -0.125. The maximum absolute atomic E-state index is 13.2. The monoisotopic (exact) mass is 188 g/mol. The van der Waals surface area contributed by atoms with Crippen LogP contribution in [0.25, 0.3) is 0 Å². The molecule has 0 spiro atoms. The van der Waals surface area contributed by atoms with E-state index < -0.39 is 6.17 Å². The molecule has 76 valence electrons. The van der Waals surface area contributed by atoms with Crippen molar-refractivity contribution in [1.82, 2.24) is 10.6 Å². The van der Waals surface area contributed by atoms with E-state index in [-0.39, 0.29) is 17.9 Å². The van der Waals surface area contributed by atoms with Crippen LogP contribution in [0.1, 0.15) is 20.3 Å². The fourth-order valence-corrected chi connectivity index (χ4v) is 1.33. The number of rotatable bonds is 2. The lowest BCUT2D eigenvalue weighted by Gasteiger charge is -2.28. The summed E-state index contributed by atoms with van der Waals surface area (Å²) in [7, 11) is 0. The Labute approximate surface area is 78.1 Å². The highest BCUT2D eigenvalue weighted by Crippen LogP contribution is 2.08. The van der Waals surface area contributed by atoms with Gasteiger partial charge in [0.15, 0.2) is 0 Å². The predicted octanol–water partition coefficient (Wildman–Crippen LogP) is 0.459. The molecule has 3 nitrogen and oxygen atoms in total. The van der Waals surface area contributed by atoms with Crippen LogP contribution in [0.3, 0.4) is 0 Å². The van der Waals surface area contributed by atoms with E-state index in [1.165, 1.54) is 0 Å². The van der Waals surface area contributed by atoms with Crippen molar-refractivity contribution < 1.29 is 9.18 Å². The van der Waals surface area contributed by atoms with E-state index in [1.54, 1.807) is 0 Å². The molecule has 1 amide bonds. The minimum Gasteiger partial charge on any atom is -0.350 e. The van der Waals surface area contributed by atoms with Crippen LogP contribution >= 0.6 is 0 Å². The molecule has 13 heavy (non-hydrogen) atoms. The molecule has 1 aliphatic heterocycles. The van der Waals surface area contributed by atoms with Crippen LogP contribution < -0.4 is 10.6 Å². The van der Waals surface area contributed by atoms with Crippen molar-refractivity contribution in [1.29, 1.82) is 0 Å². The van der Waals surface area contributed by atoms with E-state index >= 15 is 0 Å². The van der Waals surface area contributed by atoms with Crippen LogP contribution in [0, 0.1) is 5.92 Å². The Kier molecular flexibility index (Phi) is 3.66. The zero-order valence-corrected chi connectivity index (χ0v) is 8.14. The number of piperidine rings is 1. The van der Waals surface area contributed by atoms with Gasteiger partial charge in [-0.15, -0.1) is 0 Å². The van der Waals surface area contributed by atoms with Gasteiger partial charge in [0, 0.05) is 12.5 Å². The van der Waals surface area contributed by atoms with Gasteiger partial charge in [0.1, 0.15) is 6.17 Å². The van der Waals surface area contributed by atoms with Gasteiger partial charge in [0.05, 0.1) is 6.04 Å². The average Bonchev–Trinajstić information content (AvgIpc) is 2.08. The summed E-state index contributed by atoms with van der Waals surface area (Å²) in [5, 5.41) is 5.65. The van der Waals surface area contributed by atoms with Gasteiger partial charge in [-0.1, -0.05) is 13.8 Å². The normalized spacial score (nSPS) is 28.9. The highest BCUT2D eigenvalue weighted by molar-refractivity contribution is 5.78. The molecule has 0 aromatic carbocycles. The first-order valence-corrected chi connectivity index (χ1v) is 4.76. The van der Waals surface area contributed by atoms with Gasteiger partial charge >= 0.3 is 0 Å². The first kappa shape index (κ1) is 10.4. The Morgan fingerprint density at radius 3 is 2.85 bits per heavy atom. The fraction of sp³-hybridized carbons (Fsp3) is 0.889. The molecule has 2 N–H and O–H groups in total. The Morgan fingerprint density at radius 1 is 1.62 bits per heavy atom. The highest BCUT2D eigenvalue weighted by atomic mass is 19.1. The number of nitrogens with one attached hydrogen (secondary N) is 2. The maximum Gasteiger partial charge on any atom is 0.222 e. The summed E-state index contributed by atoms with van der Waals surface area (Å²) in [6.45, 7) is 4.75. The Balaban J connectivity index is 2.38. The van der Waals surface area contributed by atoms with Crippen molar-refractivity contribution >= 4 is 5.91 Å². The van der Waals surface area contributed by atoms with Crippen molar-refractivity contribution in [2.75, 3.05) is 13.1 Å².